The molecule has 0 saturated heterocycles. The SMILES string of the molecule is CN1CCCC(=O)N(C)c2cccc(c2)-c2cnc(N)c(n2)C(=O)Nc2ccccc21. The van der Waals surface area contributed by atoms with Crippen molar-refractivity contribution >= 4 is 34.7 Å². The van der Waals surface area contributed by atoms with Crippen molar-refractivity contribution in [2.75, 3.05) is 41.5 Å². The van der Waals surface area contributed by atoms with E-state index in [1.807, 2.05) is 60.5 Å². The smallest absolute Gasteiger partial charge is 0.278 e. The summed E-state index contributed by atoms with van der Waals surface area (Å²) in [6.45, 7) is 0.657. The maximum absolute atomic E-state index is 13.0. The minimum Gasteiger partial charge on any atom is -0.382 e. The first kappa shape index (κ1) is 20.3. The predicted octanol–water partition coefficient (Wildman–Crippen LogP) is 3.17. The molecular formula is C23H24N6O2. The Bertz CT molecular complexity index is 1150. The van der Waals surface area contributed by atoms with Crippen LogP contribution in [0.25, 0.3) is 11.3 Å². The van der Waals surface area contributed by atoms with E-state index in [0.29, 0.717) is 30.8 Å². The molecule has 1 aliphatic rings. The lowest BCUT2D eigenvalue weighted by Gasteiger charge is -2.24. The van der Waals surface area contributed by atoms with Crippen LogP contribution in [0.15, 0.2) is 54.7 Å². The summed E-state index contributed by atoms with van der Waals surface area (Å²) < 4.78 is 0. The van der Waals surface area contributed by atoms with Gasteiger partial charge in [0, 0.05) is 38.3 Å². The molecule has 3 N–H and O–H groups in total. The van der Waals surface area contributed by atoms with Crippen LogP contribution in [0, 0.1) is 0 Å². The molecular weight excluding hydrogens is 392 g/mol. The molecule has 0 saturated carbocycles. The number of nitrogen functional groups attached to an aromatic ring is 1. The van der Waals surface area contributed by atoms with Crippen molar-refractivity contribution in [3.8, 4) is 11.3 Å². The fourth-order valence-corrected chi connectivity index (χ4v) is 3.57. The number of fused-ring (bicyclic) bond motifs is 6. The van der Waals surface area contributed by atoms with E-state index in [2.05, 4.69) is 15.3 Å². The van der Waals surface area contributed by atoms with Crippen molar-refractivity contribution in [3.05, 3.63) is 60.4 Å². The Morgan fingerprint density at radius 3 is 2.71 bits per heavy atom. The highest BCUT2D eigenvalue weighted by molar-refractivity contribution is 6.07. The monoisotopic (exact) mass is 416 g/mol. The average molecular weight is 416 g/mol. The normalized spacial score (nSPS) is 14.8. The molecule has 8 nitrogen and oxygen atoms in total. The second-order valence-corrected chi connectivity index (χ2v) is 7.49. The third-order valence-corrected chi connectivity index (χ3v) is 5.37. The van der Waals surface area contributed by atoms with Crippen molar-refractivity contribution in [1.82, 2.24) is 9.97 Å². The second-order valence-electron chi connectivity index (χ2n) is 7.49. The zero-order valence-corrected chi connectivity index (χ0v) is 17.5. The lowest BCUT2D eigenvalue weighted by atomic mass is 10.1. The summed E-state index contributed by atoms with van der Waals surface area (Å²) in [6, 6.07) is 14.9. The number of hydrogen-bond acceptors (Lipinski definition) is 6. The van der Waals surface area contributed by atoms with Crippen molar-refractivity contribution in [1.29, 1.82) is 0 Å². The Morgan fingerprint density at radius 1 is 1.06 bits per heavy atom. The number of nitrogens with zero attached hydrogens (tertiary/aromatic N) is 4. The van der Waals surface area contributed by atoms with Gasteiger partial charge in [0.2, 0.25) is 5.91 Å². The van der Waals surface area contributed by atoms with Crippen LogP contribution in [0.3, 0.4) is 0 Å². The third kappa shape index (κ3) is 4.18. The first-order valence-electron chi connectivity index (χ1n) is 10.0. The fraction of sp³-hybridized carbons (Fsp3) is 0.217. The van der Waals surface area contributed by atoms with Gasteiger partial charge in [0.25, 0.3) is 5.91 Å². The molecule has 4 bridgehead atoms. The summed E-state index contributed by atoms with van der Waals surface area (Å²) in [7, 11) is 3.69. The van der Waals surface area contributed by atoms with Crippen molar-refractivity contribution in [2.45, 2.75) is 12.8 Å². The largest absolute Gasteiger partial charge is 0.382 e. The average Bonchev–Trinajstić information content (AvgIpc) is 2.78. The molecule has 8 heteroatoms. The third-order valence-electron chi connectivity index (χ3n) is 5.37. The van der Waals surface area contributed by atoms with Gasteiger partial charge in [-0.25, -0.2) is 9.97 Å². The Labute approximate surface area is 180 Å². The molecule has 0 unspecified atom stereocenters. The van der Waals surface area contributed by atoms with Crippen LogP contribution in [-0.2, 0) is 4.79 Å². The maximum atomic E-state index is 13.0. The molecule has 2 heterocycles. The van der Waals surface area contributed by atoms with Crippen molar-refractivity contribution < 1.29 is 9.59 Å². The molecule has 2 aromatic carbocycles. The van der Waals surface area contributed by atoms with E-state index in [1.54, 1.807) is 11.9 Å². The summed E-state index contributed by atoms with van der Waals surface area (Å²) in [4.78, 5) is 38.1. The van der Waals surface area contributed by atoms with Crippen LogP contribution in [0.2, 0.25) is 0 Å². The second kappa shape index (κ2) is 8.43. The van der Waals surface area contributed by atoms with Gasteiger partial charge in [-0.15, -0.1) is 0 Å². The number of hydrogen-bond donors (Lipinski definition) is 2. The molecule has 31 heavy (non-hydrogen) atoms. The number of nitrogens with two attached hydrogens (primary N) is 1. The van der Waals surface area contributed by atoms with Crippen molar-refractivity contribution in [2.24, 2.45) is 0 Å². The minimum absolute atomic E-state index is 0.0308. The molecule has 0 atom stereocenters. The highest BCUT2D eigenvalue weighted by Gasteiger charge is 2.19. The zero-order valence-electron chi connectivity index (χ0n) is 17.5. The maximum Gasteiger partial charge on any atom is 0.278 e. The van der Waals surface area contributed by atoms with Crippen molar-refractivity contribution in [3.63, 3.8) is 0 Å². The number of carbonyl (C=O) groups excluding carboxylic acids is 2. The molecule has 3 aromatic rings. The van der Waals surface area contributed by atoms with E-state index in [4.69, 9.17) is 5.73 Å². The molecule has 0 radical (unpaired) electrons. The number of para-hydroxylation sites is 2. The molecule has 1 aliphatic heterocycles. The minimum atomic E-state index is -0.428. The molecule has 4 rings (SSSR count). The van der Waals surface area contributed by atoms with E-state index >= 15 is 0 Å². The Morgan fingerprint density at radius 2 is 1.87 bits per heavy atom. The van der Waals surface area contributed by atoms with E-state index in [9.17, 15) is 9.59 Å². The molecule has 1 aromatic heterocycles. The number of carbonyl (C=O) groups is 2. The molecule has 0 aliphatic carbocycles. The quantitative estimate of drug-likeness (QED) is 0.583. The Hall–Kier alpha value is -3.94. The Kier molecular flexibility index (Phi) is 5.53. The summed E-state index contributed by atoms with van der Waals surface area (Å²) in [6.07, 6.45) is 2.61. The van der Waals surface area contributed by atoms with Gasteiger partial charge in [-0.2, -0.15) is 0 Å². The lowest BCUT2D eigenvalue weighted by molar-refractivity contribution is -0.118. The summed E-state index contributed by atoms with van der Waals surface area (Å²) in [5.41, 5.74) is 9.50. The van der Waals surface area contributed by atoms with Gasteiger partial charge in [0.05, 0.1) is 23.3 Å². The van der Waals surface area contributed by atoms with Gasteiger partial charge in [-0.3, -0.25) is 9.59 Å². The van der Waals surface area contributed by atoms with Crippen LogP contribution in [0.4, 0.5) is 22.9 Å². The highest BCUT2D eigenvalue weighted by atomic mass is 16.2. The van der Waals surface area contributed by atoms with Crippen LogP contribution >= 0.6 is 0 Å². The summed E-state index contributed by atoms with van der Waals surface area (Å²) in [5.74, 6) is -0.344. The van der Waals surface area contributed by atoms with E-state index in [1.165, 1.54) is 6.20 Å². The first-order valence-corrected chi connectivity index (χ1v) is 10.0. The topological polar surface area (TPSA) is 104 Å². The number of rotatable bonds is 0. The number of benzene rings is 2. The summed E-state index contributed by atoms with van der Waals surface area (Å²) in [5, 5.41) is 2.91. The van der Waals surface area contributed by atoms with Gasteiger partial charge in [-0.1, -0.05) is 24.3 Å². The first-order chi connectivity index (χ1) is 14.9. The lowest BCUT2D eigenvalue weighted by Crippen LogP contribution is -2.28. The molecule has 2 amide bonds. The van der Waals surface area contributed by atoms with E-state index < -0.39 is 5.91 Å². The number of nitrogens with one attached hydrogen (secondary N) is 1. The number of aromatic nitrogens is 2. The van der Waals surface area contributed by atoms with Gasteiger partial charge >= 0.3 is 0 Å². The fourth-order valence-electron chi connectivity index (χ4n) is 3.57. The van der Waals surface area contributed by atoms with Crippen LogP contribution in [0.1, 0.15) is 23.3 Å². The number of amides is 2. The molecule has 0 spiro atoms. The highest BCUT2D eigenvalue weighted by Crippen LogP contribution is 2.28. The Balaban J connectivity index is 1.82. The van der Waals surface area contributed by atoms with E-state index in [0.717, 1.165) is 16.9 Å². The number of anilines is 4. The van der Waals surface area contributed by atoms with Crippen LogP contribution in [-0.4, -0.2) is 42.4 Å². The van der Waals surface area contributed by atoms with E-state index in [-0.39, 0.29) is 17.4 Å². The van der Waals surface area contributed by atoms with Crippen LogP contribution in [0.5, 0.6) is 0 Å². The van der Waals surface area contributed by atoms with Gasteiger partial charge in [0.15, 0.2) is 11.5 Å². The van der Waals surface area contributed by atoms with Gasteiger partial charge in [0.1, 0.15) is 0 Å². The molecule has 158 valence electrons. The summed E-state index contributed by atoms with van der Waals surface area (Å²) >= 11 is 0. The standard InChI is InChI=1S/C23H24N6O2/c1-28-12-6-11-20(30)29(2)16-8-5-7-15(13-16)18-14-25-22(24)21(26-18)23(31)27-17-9-3-4-10-19(17)28/h3-5,7-10,13-14H,6,11-12H2,1-2H3,(H2,24,25)(H,27,31). The predicted molar refractivity (Wildman–Crippen MR) is 122 cm³/mol. The van der Waals surface area contributed by atoms with Crippen LogP contribution < -0.4 is 20.9 Å². The van der Waals surface area contributed by atoms with Gasteiger partial charge < -0.3 is 20.9 Å². The van der Waals surface area contributed by atoms with Gasteiger partial charge in [-0.05, 0) is 30.7 Å². The zero-order chi connectivity index (χ0) is 22.0. The molecule has 0 fully saturated rings.